The molecule has 0 saturated heterocycles. The van der Waals surface area contributed by atoms with Crippen LogP contribution in [0.1, 0.15) is 0 Å². The minimum Gasteiger partial charge on any atom is -0.256 e. The summed E-state index contributed by atoms with van der Waals surface area (Å²) in [5.41, 5.74) is 2.22. The minimum absolute atomic E-state index is 1.04. The van der Waals surface area contributed by atoms with Gasteiger partial charge in [-0.2, -0.15) is 0 Å². The molecule has 2 heterocycles. The SMILES string of the molecule is Brc1ccc(-c2cnc3ccccc3c2)s1. The van der Waals surface area contributed by atoms with Crippen LogP contribution in [-0.4, -0.2) is 4.98 Å². The van der Waals surface area contributed by atoms with E-state index in [2.05, 4.69) is 45.2 Å². The molecule has 0 radical (unpaired) electrons. The maximum atomic E-state index is 4.46. The number of thiophene rings is 1. The fraction of sp³-hybridized carbons (Fsp3) is 0. The first-order valence-corrected chi connectivity index (χ1v) is 6.54. The maximum absolute atomic E-state index is 4.46. The molecule has 2 aromatic heterocycles. The molecule has 0 atom stereocenters. The zero-order chi connectivity index (χ0) is 11.0. The summed E-state index contributed by atoms with van der Waals surface area (Å²) in [7, 11) is 0. The van der Waals surface area contributed by atoms with E-state index >= 15 is 0 Å². The molecule has 0 aliphatic rings. The lowest BCUT2D eigenvalue weighted by Gasteiger charge is -2.00. The van der Waals surface area contributed by atoms with E-state index in [1.54, 1.807) is 11.3 Å². The van der Waals surface area contributed by atoms with Gasteiger partial charge in [0.2, 0.25) is 0 Å². The second kappa shape index (κ2) is 4.00. The number of halogens is 1. The highest BCUT2D eigenvalue weighted by Crippen LogP contribution is 2.31. The number of pyridine rings is 1. The van der Waals surface area contributed by atoms with E-state index < -0.39 is 0 Å². The van der Waals surface area contributed by atoms with Gasteiger partial charge in [-0.25, -0.2) is 0 Å². The zero-order valence-electron chi connectivity index (χ0n) is 8.35. The lowest BCUT2D eigenvalue weighted by molar-refractivity contribution is 1.42. The number of hydrogen-bond donors (Lipinski definition) is 0. The minimum atomic E-state index is 1.04. The largest absolute Gasteiger partial charge is 0.256 e. The van der Waals surface area contributed by atoms with Crippen LogP contribution in [0, 0.1) is 0 Å². The van der Waals surface area contributed by atoms with Crippen LogP contribution in [0.25, 0.3) is 21.3 Å². The molecule has 0 amide bonds. The standard InChI is InChI=1S/C13H8BrNS/c14-13-6-5-12(16-13)10-7-9-3-1-2-4-11(9)15-8-10/h1-8H. The van der Waals surface area contributed by atoms with Crippen molar-refractivity contribution in [2.24, 2.45) is 0 Å². The molecule has 0 bridgehead atoms. The van der Waals surface area contributed by atoms with Crippen molar-refractivity contribution in [1.82, 2.24) is 4.98 Å². The quantitative estimate of drug-likeness (QED) is 0.631. The molecule has 0 aliphatic heterocycles. The Morgan fingerprint density at radius 1 is 1.06 bits per heavy atom. The molecular formula is C13H8BrNS. The molecule has 3 heteroatoms. The Hall–Kier alpha value is -1.19. The third-order valence-corrected chi connectivity index (χ3v) is 4.12. The van der Waals surface area contributed by atoms with Gasteiger partial charge in [0.15, 0.2) is 0 Å². The van der Waals surface area contributed by atoms with Crippen LogP contribution in [0.3, 0.4) is 0 Å². The van der Waals surface area contributed by atoms with Gasteiger partial charge in [-0.15, -0.1) is 11.3 Å². The smallest absolute Gasteiger partial charge is 0.0705 e. The van der Waals surface area contributed by atoms with Crippen molar-refractivity contribution >= 4 is 38.2 Å². The van der Waals surface area contributed by atoms with Crippen LogP contribution < -0.4 is 0 Å². The van der Waals surface area contributed by atoms with E-state index in [0.717, 1.165) is 9.30 Å². The Morgan fingerprint density at radius 3 is 2.75 bits per heavy atom. The zero-order valence-corrected chi connectivity index (χ0v) is 10.8. The van der Waals surface area contributed by atoms with Crippen molar-refractivity contribution in [3.05, 3.63) is 52.4 Å². The molecule has 1 aromatic carbocycles. The van der Waals surface area contributed by atoms with Crippen molar-refractivity contribution in [3.63, 3.8) is 0 Å². The Balaban J connectivity index is 2.18. The van der Waals surface area contributed by atoms with Gasteiger partial charge >= 0.3 is 0 Å². The summed E-state index contributed by atoms with van der Waals surface area (Å²) in [5.74, 6) is 0. The molecule has 0 aliphatic carbocycles. The van der Waals surface area contributed by atoms with E-state index in [4.69, 9.17) is 0 Å². The van der Waals surface area contributed by atoms with Crippen molar-refractivity contribution < 1.29 is 0 Å². The van der Waals surface area contributed by atoms with Crippen LogP contribution in [0.4, 0.5) is 0 Å². The van der Waals surface area contributed by atoms with Crippen LogP contribution in [0.15, 0.2) is 52.4 Å². The normalized spacial score (nSPS) is 10.8. The molecule has 16 heavy (non-hydrogen) atoms. The van der Waals surface area contributed by atoms with Gasteiger partial charge in [0.25, 0.3) is 0 Å². The third-order valence-electron chi connectivity index (χ3n) is 2.45. The number of rotatable bonds is 1. The summed E-state index contributed by atoms with van der Waals surface area (Å²) in [5, 5.41) is 1.18. The molecule has 1 nitrogen and oxygen atoms in total. The average molecular weight is 290 g/mol. The molecule has 0 fully saturated rings. The lowest BCUT2D eigenvalue weighted by atomic mass is 10.1. The van der Waals surface area contributed by atoms with E-state index in [1.165, 1.54) is 15.8 Å². The van der Waals surface area contributed by atoms with E-state index in [0.29, 0.717) is 0 Å². The molecule has 3 aromatic rings. The van der Waals surface area contributed by atoms with Crippen molar-refractivity contribution in [2.75, 3.05) is 0 Å². The molecule has 78 valence electrons. The number of hydrogen-bond acceptors (Lipinski definition) is 2. The summed E-state index contributed by atoms with van der Waals surface area (Å²) in [6.07, 6.45) is 1.93. The molecular weight excluding hydrogens is 282 g/mol. The lowest BCUT2D eigenvalue weighted by Crippen LogP contribution is -1.79. The van der Waals surface area contributed by atoms with Crippen molar-refractivity contribution in [3.8, 4) is 10.4 Å². The fourth-order valence-electron chi connectivity index (χ4n) is 1.68. The molecule has 0 unspecified atom stereocenters. The number of fused-ring (bicyclic) bond motifs is 1. The topological polar surface area (TPSA) is 12.9 Å². The van der Waals surface area contributed by atoms with Crippen molar-refractivity contribution in [1.29, 1.82) is 0 Å². The first-order chi connectivity index (χ1) is 7.83. The van der Waals surface area contributed by atoms with Gasteiger partial charge < -0.3 is 0 Å². The van der Waals surface area contributed by atoms with Crippen LogP contribution in [-0.2, 0) is 0 Å². The Bertz CT molecular complexity index is 645. The Kier molecular flexibility index (Phi) is 2.50. The highest BCUT2D eigenvalue weighted by Gasteiger charge is 2.02. The van der Waals surface area contributed by atoms with Crippen LogP contribution in [0.2, 0.25) is 0 Å². The second-order valence-corrected chi connectivity index (χ2v) is 5.98. The summed E-state index contributed by atoms with van der Waals surface area (Å²) in [6.45, 7) is 0. The second-order valence-electron chi connectivity index (χ2n) is 3.52. The third kappa shape index (κ3) is 1.77. The first-order valence-electron chi connectivity index (χ1n) is 4.93. The predicted molar refractivity (Wildman–Crippen MR) is 72.8 cm³/mol. The first kappa shape index (κ1) is 10.00. The van der Waals surface area contributed by atoms with Gasteiger partial charge in [-0.3, -0.25) is 4.98 Å². The number of para-hydroxylation sites is 1. The Morgan fingerprint density at radius 2 is 1.94 bits per heavy atom. The number of nitrogens with zero attached hydrogens (tertiary/aromatic N) is 1. The van der Waals surface area contributed by atoms with E-state index in [1.807, 2.05) is 24.4 Å². The highest BCUT2D eigenvalue weighted by molar-refractivity contribution is 9.11. The van der Waals surface area contributed by atoms with Gasteiger partial charge in [-0.05, 0) is 40.2 Å². The summed E-state index contributed by atoms with van der Waals surface area (Å²) >= 11 is 5.20. The Labute approximate surface area is 106 Å². The summed E-state index contributed by atoms with van der Waals surface area (Å²) in [6, 6.07) is 14.5. The van der Waals surface area contributed by atoms with Crippen LogP contribution >= 0.6 is 27.3 Å². The number of benzene rings is 1. The van der Waals surface area contributed by atoms with Crippen LogP contribution in [0.5, 0.6) is 0 Å². The monoisotopic (exact) mass is 289 g/mol. The molecule has 0 spiro atoms. The van der Waals surface area contributed by atoms with Crippen molar-refractivity contribution in [2.45, 2.75) is 0 Å². The molecule has 0 saturated carbocycles. The maximum Gasteiger partial charge on any atom is 0.0705 e. The fourth-order valence-corrected chi connectivity index (χ4v) is 3.04. The van der Waals surface area contributed by atoms with Gasteiger partial charge in [0.1, 0.15) is 0 Å². The predicted octanol–water partition coefficient (Wildman–Crippen LogP) is 4.73. The average Bonchev–Trinajstić information content (AvgIpc) is 2.75. The van der Waals surface area contributed by atoms with E-state index in [-0.39, 0.29) is 0 Å². The summed E-state index contributed by atoms with van der Waals surface area (Å²) < 4.78 is 1.15. The van der Waals surface area contributed by atoms with Gasteiger partial charge in [0, 0.05) is 22.0 Å². The van der Waals surface area contributed by atoms with Gasteiger partial charge in [-0.1, -0.05) is 18.2 Å². The van der Waals surface area contributed by atoms with E-state index in [9.17, 15) is 0 Å². The summed E-state index contributed by atoms with van der Waals surface area (Å²) in [4.78, 5) is 5.70. The number of aromatic nitrogens is 1. The van der Waals surface area contributed by atoms with Gasteiger partial charge in [0.05, 0.1) is 9.30 Å². The molecule has 3 rings (SSSR count). The molecule has 0 N–H and O–H groups in total. The highest BCUT2D eigenvalue weighted by atomic mass is 79.9.